The van der Waals surface area contributed by atoms with Gasteiger partial charge in [-0.25, -0.2) is 0 Å². The van der Waals surface area contributed by atoms with Gasteiger partial charge in [0.05, 0.1) is 24.9 Å². The van der Waals surface area contributed by atoms with Crippen molar-refractivity contribution in [3.05, 3.63) is 35.9 Å². The van der Waals surface area contributed by atoms with Gasteiger partial charge in [-0.2, -0.15) is 0 Å². The molecule has 2 heterocycles. The molecule has 0 saturated carbocycles. The third-order valence-corrected chi connectivity index (χ3v) is 3.47. The number of ketones is 1. The van der Waals surface area contributed by atoms with Crippen LogP contribution in [-0.4, -0.2) is 24.1 Å². The van der Waals surface area contributed by atoms with Crippen LogP contribution in [0.4, 0.5) is 0 Å². The Labute approximate surface area is 101 Å². The normalized spacial score (nSPS) is 31.8. The number of carbonyl (C=O) groups is 1. The molecule has 0 N–H and O–H groups in total. The molecule has 2 aliphatic rings. The quantitative estimate of drug-likeness (QED) is 0.800. The van der Waals surface area contributed by atoms with Gasteiger partial charge in [0.15, 0.2) is 0 Å². The number of hydrogen-bond donors (Lipinski definition) is 0. The average Bonchev–Trinajstić information content (AvgIpc) is 2.63. The Kier molecular flexibility index (Phi) is 2.95. The fourth-order valence-electron chi connectivity index (χ4n) is 2.63. The molecule has 3 atom stereocenters. The fourth-order valence-corrected chi connectivity index (χ4v) is 2.63. The van der Waals surface area contributed by atoms with E-state index in [0.717, 1.165) is 6.42 Å². The molecule has 1 aromatic rings. The Morgan fingerprint density at radius 3 is 2.88 bits per heavy atom. The maximum Gasteiger partial charge on any atom is 0.138 e. The zero-order valence-electron chi connectivity index (χ0n) is 9.67. The van der Waals surface area contributed by atoms with E-state index in [2.05, 4.69) is 0 Å². The first-order valence-electron chi connectivity index (χ1n) is 6.14. The van der Waals surface area contributed by atoms with Gasteiger partial charge in [-0.05, 0) is 5.56 Å². The van der Waals surface area contributed by atoms with Crippen molar-refractivity contribution in [1.29, 1.82) is 0 Å². The highest BCUT2D eigenvalue weighted by Gasteiger charge is 2.41. The van der Waals surface area contributed by atoms with Gasteiger partial charge in [0.1, 0.15) is 5.78 Å². The molecule has 0 unspecified atom stereocenters. The average molecular weight is 232 g/mol. The van der Waals surface area contributed by atoms with Gasteiger partial charge < -0.3 is 9.47 Å². The Hall–Kier alpha value is -1.19. The van der Waals surface area contributed by atoms with Crippen molar-refractivity contribution in [2.75, 3.05) is 0 Å². The van der Waals surface area contributed by atoms with Crippen LogP contribution in [0.5, 0.6) is 0 Å². The minimum atomic E-state index is -0.00929. The number of benzene rings is 1. The van der Waals surface area contributed by atoms with Crippen LogP contribution in [0, 0.1) is 0 Å². The number of rotatable bonds is 3. The fraction of sp³-hybridized carbons (Fsp3) is 0.500. The van der Waals surface area contributed by atoms with Crippen LogP contribution >= 0.6 is 0 Å². The number of Topliss-reactive ketones (excluding diaryl/α,β-unsaturated/α-hetero) is 1. The maximum atomic E-state index is 11.4. The predicted molar refractivity (Wildman–Crippen MR) is 62.5 cm³/mol. The molecule has 90 valence electrons. The summed E-state index contributed by atoms with van der Waals surface area (Å²) in [5.41, 5.74) is 1.17. The van der Waals surface area contributed by atoms with Crippen molar-refractivity contribution in [3.8, 4) is 0 Å². The van der Waals surface area contributed by atoms with Crippen LogP contribution in [0.2, 0.25) is 0 Å². The molecular weight excluding hydrogens is 216 g/mol. The van der Waals surface area contributed by atoms with E-state index < -0.39 is 0 Å². The minimum absolute atomic E-state index is 0.00929. The summed E-state index contributed by atoms with van der Waals surface area (Å²) >= 11 is 0. The van der Waals surface area contributed by atoms with Crippen LogP contribution in [0.1, 0.15) is 24.8 Å². The van der Waals surface area contributed by atoms with E-state index in [0.29, 0.717) is 25.2 Å². The monoisotopic (exact) mass is 232 g/mol. The lowest BCUT2D eigenvalue weighted by Gasteiger charge is -2.21. The standard InChI is InChI=1S/C14H16O3/c15-11-6-12-8-13(14(7-11)17-12)16-9-10-4-2-1-3-5-10/h1-5,12-14H,6-9H2/t12-,13-,14+/m0/s1. The summed E-state index contributed by atoms with van der Waals surface area (Å²) in [6.45, 7) is 0.603. The van der Waals surface area contributed by atoms with Crippen molar-refractivity contribution in [2.24, 2.45) is 0 Å². The molecule has 1 aromatic carbocycles. The zero-order valence-corrected chi connectivity index (χ0v) is 9.67. The summed E-state index contributed by atoms with van der Waals surface area (Å²) in [5, 5.41) is 0. The topological polar surface area (TPSA) is 35.5 Å². The Bertz CT molecular complexity index is 401. The Balaban J connectivity index is 1.58. The van der Waals surface area contributed by atoms with Gasteiger partial charge in [-0.3, -0.25) is 4.79 Å². The van der Waals surface area contributed by atoms with Gasteiger partial charge >= 0.3 is 0 Å². The lowest BCUT2D eigenvalue weighted by atomic mass is 10.1. The first-order chi connectivity index (χ1) is 8.31. The molecule has 3 heteroatoms. The summed E-state index contributed by atoms with van der Waals surface area (Å²) in [4.78, 5) is 11.4. The van der Waals surface area contributed by atoms with Crippen LogP contribution in [0.25, 0.3) is 0 Å². The van der Waals surface area contributed by atoms with Crippen molar-refractivity contribution < 1.29 is 14.3 Å². The molecule has 3 rings (SSSR count). The number of carbonyl (C=O) groups excluding carboxylic acids is 1. The van der Waals surface area contributed by atoms with Crippen molar-refractivity contribution in [1.82, 2.24) is 0 Å². The lowest BCUT2D eigenvalue weighted by molar-refractivity contribution is -0.132. The molecule has 0 amide bonds. The Morgan fingerprint density at radius 1 is 1.24 bits per heavy atom. The molecule has 0 radical (unpaired) electrons. The van der Waals surface area contributed by atoms with E-state index in [-0.39, 0.29) is 18.3 Å². The smallest absolute Gasteiger partial charge is 0.138 e. The molecule has 2 bridgehead atoms. The summed E-state index contributed by atoms with van der Waals surface area (Å²) in [7, 11) is 0. The molecular formula is C14H16O3. The molecule has 2 saturated heterocycles. The molecule has 0 aromatic heterocycles. The van der Waals surface area contributed by atoms with Gasteiger partial charge in [0, 0.05) is 19.3 Å². The first-order valence-corrected chi connectivity index (χ1v) is 6.14. The zero-order chi connectivity index (χ0) is 11.7. The van der Waals surface area contributed by atoms with Crippen LogP contribution < -0.4 is 0 Å². The lowest BCUT2D eigenvalue weighted by Crippen LogP contribution is -2.29. The highest BCUT2D eigenvalue weighted by Crippen LogP contribution is 2.33. The van der Waals surface area contributed by atoms with Crippen LogP contribution in [0.15, 0.2) is 30.3 Å². The van der Waals surface area contributed by atoms with E-state index in [1.54, 1.807) is 0 Å². The summed E-state index contributed by atoms with van der Waals surface area (Å²) in [6, 6.07) is 10.1. The summed E-state index contributed by atoms with van der Waals surface area (Å²) in [6.07, 6.45) is 2.14. The van der Waals surface area contributed by atoms with E-state index in [4.69, 9.17) is 9.47 Å². The number of hydrogen-bond acceptors (Lipinski definition) is 3. The second kappa shape index (κ2) is 4.59. The molecule has 0 aliphatic carbocycles. The van der Waals surface area contributed by atoms with Crippen molar-refractivity contribution in [2.45, 2.75) is 44.2 Å². The van der Waals surface area contributed by atoms with E-state index >= 15 is 0 Å². The SMILES string of the molecule is O=C1C[C@H]2C[C@H](OCc3ccccc3)[C@@H](C1)O2. The van der Waals surface area contributed by atoms with E-state index in [1.165, 1.54) is 5.56 Å². The molecule has 17 heavy (non-hydrogen) atoms. The number of ether oxygens (including phenoxy) is 2. The number of fused-ring (bicyclic) bond motifs is 2. The van der Waals surface area contributed by atoms with E-state index in [1.807, 2.05) is 30.3 Å². The van der Waals surface area contributed by atoms with Gasteiger partial charge in [-0.1, -0.05) is 30.3 Å². The van der Waals surface area contributed by atoms with Gasteiger partial charge in [-0.15, -0.1) is 0 Å². The van der Waals surface area contributed by atoms with E-state index in [9.17, 15) is 4.79 Å². The van der Waals surface area contributed by atoms with Gasteiger partial charge in [0.2, 0.25) is 0 Å². The molecule has 2 fully saturated rings. The highest BCUT2D eigenvalue weighted by molar-refractivity contribution is 5.80. The van der Waals surface area contributed by atoms with Crippen molar-refractivity contribution >= 4 is 5.78 Å². The first kappa shape index (κ1) is 10.9. The summed E-state index contributed by atoms with van der Waals surface area (Å²) < 4.78 is 11.6. The molecule has 2 aliphatic heterocycles. The highest BCUT2D eigenvalue weighted by atomic mass is 16.6. The third kappa shape index (κ3) is 2.40. The van der Waals surface area contributed by atoms with Crippen molar-refractivity contribution in [3.63, 3.8) is 0 Å². The predicted octanol–water partition coefficient (Wildman–Crippen LogP) is 2.09. The van der Waals surface area contributed by atoms with Crippen LogP contribution in [-0.2, 0) is 20.9 Å². The van der Waals surface area contributed by atoms with Gasteiger partial charge in [0.25, 0.3) is 0 Å². The third-order valence-electron chi connectivity index (χ3n) is 3.47. The largest absolute Gasteiger partial charge is 0.371 e. The molecule has 0 spiro atoms. The molecule has 3 nitrogen and oxygen atoms in total. The second-order valence-electron chi connectivity index (χ2n) is 4.81. The second-order valence-corrected chi connectivity index (χ2v) is 4.81. The maximum absolute atomic E-state index is 11.4. The Morgan fingerprint density at radius 2 is 2.06 bits per heavy atom. The minimum Gasteiger partial charge on any atom is -0.371 e. The van der Waals surface area contributed by atoms with Crippen LogP contribution in [0.3, 0.4) is 0 Å². The summed E-state index contributed by atoms with van der Waals surface area (Å²) in [5.74, 6) is 0.317.